The first-order valence-electron chi connectivity index (χ1n) is 10.1. The Morgan fingerprint density at radius 3 is 2.77 bits per heavy atom. The maximum Gasteiger partial charge on any atom is 0.251 e. The fourth-order valence-corrected chi connectivity index (χ4v) is 3.61. The number of nitrogens with one attached hydrogen (secondary N) is 2. The zero-order valence-electron chi connectivity index (χ0n) is 17.8. The van der Waals surface area contributed by atoms with Crippen molar-refractivity contribution in [1.82, 2.24) is 19.9 Å². The molecule has 31 heavy (non-hydrogen) atoms. The van der Waals surface area contributed by atoms with Crippen LogP contribution in [0, 0.1) is 0 Å². The van der Waals surface area contributed by atoms with E-state index in [0.717, 1.165) is 29.1 Å². The molecule has 7 nitrogen and oxygen atoms in total. The van der Waals surface area contributed by atoms with Gasteiger partial charge in [-0.05, 0) is 42.3 Å². The number of nitrogens with zero attached hydrogens (tertiary/aromatic N) is 3. The van der Waals surface area contributed by atoms with Gasteiger partial charge >= 0.3 is 0 Å². The van der Waals surface area contributed by atoms with E-state index in [1.54, 1.807) is 32.6 Å². The molecule has 0 saturated heterocycles. The van der Waals surface area contributed by atoms with Crippen LogP contribution < -0.4 is 15.4 Å². The van der Waals surface area contributed by atoms with Gasteiger partial charge in [0.25, 0.3) is 5.91 Å². The number of benzene rings is 2. The number of carbonyl (C=O) groups is 1. The lowest BCUT2D eigenvalue weighted by Crippen LogP contribution is -2.18. The van der Waals surface area contributed by atoms with Crippen molar-refractivity contribution in [3.63, 3.8) is 0 Å². The summed E-state index contributed by atoms with van der Waals surface area (Å²) in [5.74, 6) is 1.33. The number of fused-ring (bicyclic) bond motifs is 1. The van der Waals surface area contributed by atoms with Gasteiger partial charge < -0.3 is 19.9 Å². The highest BCUT2D eigenvalue weighted by atomic mass is 16.5. The zero-order valence-corrected chi connectivity index (χ0v) is 17.8. The minimum Gasteiger partial charge on any atom is -0.496 e. The third-order valence-corrected chi connectivity index (χ3v) is 5.32. The normalized spacial score (nSPS) is 10.8. The topological polar surface area (TPSA) is 81.1 Å². The third kappa shape index (κ3) is 4.35. The van der Waals surface area contributed by atoms with Crippen LogP contribution in [0.3, 0.4) is 0 Å². The van der Waals surface area contributed by atoms with Gasteiger partial charge in [-0.15, -0.1) is 0 Å². The molecule has 0 aliphatic carbocycles. The van der Waals surface area contributed by atoms with Crippen LogP contribution in [-0.4, -0.2) is 41.1 Å². The number of anilines is 1. The van der Waals surface area contributed by atoms with Crippen molar-refractivity contribution in [2.75, 3.05) is 26.0 Å². The summed E-state index contributed by atoms with van der Waals surface area (Å²) in [7, 11) is 5.26. The predicted molar refractivity (Wildman–Crippen MR) is 123 cm³/mol. The Hall–Kier alpha value is -3.87. The quantitative estimate of drug-likeness (QED) is 0.482. The highest BCUT2D eigenvalue weighted by Crippen LogP contribution is 2.25. The molecule has 4 rings (SSSR count). The summed E-state index contributed by atoms with van der Waals surface area (Å²) in [6.07, 6.45) is 4.36. The Bertz CT molecular complexity index is 1230. The molecular formula is C24H25N5O2. The molecule has 2 N–H and O–H groups in total. The summed E-state index contributed by atoms with van der Waals surface area (Å²) in [6.45, 7) is 0.670. The Kier molecular flexibility index (Phi) is 5.84. The summed E-state index contributed by atoms with van der Waals surface area (Å²) < 4.78 is 7.56. The van der Waals surface area contributed by atoms with Crippen molar-refractivity contribution in [2.24, 2.45) is 7.05 Å². The predicted octanol–water partition coefficient (Wildman–Crippen LogP) is 3.66. The third-order valence-electron chi connectivity index (χ3n) is 5.32. The van der Waals surface area contributed by atoms with Crippen molar-refractivity contribution in [3.05, 3.63) is 72.2 Å². The molecule has 2 heterocycles. The van der Waals surface area contributed by atoms with Crippen LogP contribution in [0.1, 0.15) is 15.9 Å². The maximum absolute atomic E-state index is 11.8. The molecule has 7 heteroatoms. The van der Waals surface area contributed by atoms with Crippen molar-refractivity contribution < 1.29 is 9.53 Å². The number of methoxy groups -OCH3 is 1. The average Bonchev–Trinajstić information content (AvgIpc) is 3.19. The Morgan fingerprint density at radius 2 is 1.97 bits per heavy atom. The number of aromatic nitrogens is 3. The van der Waals surface area contributed by atoms with E-state index in [4.69, 9.17) is 4.74 Å². The number of hydrogen-bond acceptors (Lipinski definition) is 5. The van der Waals surface area contributed by atoms with Crippen LogP contribution in [0.15, 0.2) is 61.1 Å². The van der Waals surface area contributed by atoms with Crippen LogP contribution >= 0.6 is 0 Å². The molecule has 4 aromatic rings. The van der Waals surface area contributed by atoms with Gasteiger partial charge in [0.2, 0.25) is 0 Å². The molecule has 0 aliphatic rings. The van der Waals surface area contributed by atoms with Crippen LogP contribution in [0.5, 0.6) is 5.75 Å². The van der Waals surface area contributed by atoms with Crippen LogP contribution in [-0.2, 0) is 13.5 Å². The smallest absolute Gasteiger partial charge is 0.251 e. The van der Waals surface area contributed by atoms with Crippen molar-refractivity contribution >= 4 is 22.6 Å². The average molecular weight is 415 g/mol. The van der Waals surface area contributed by atoms with E-state index in [0.29, 0.717) is 17.9 Å². The highest BCUT2D eigenvalue weighted by molar-refractivity contribution is 5.94. The highest BCUT2D eigenvalue weighted by Gasteiger charge is 2.10. The van der Waals surface area contributed by atoms with E-state index in [-0.39, 0.29) is 5.91 Å². The standard InChI is InChI=1S/C24H25N5O2/c1-25-24(30)19-5-4-16(22(13-19)31-3)8-10-26-23-14-20(27-15-28-23)17-6-7-21-18(12-17)9-11-29(21)2/h4-7,9,11-15H,8,10H2,1-3H3,(H,25,30)(H,26,27,28). The van der Waals surface area contributed by atoms with Crippen molar-refractivity contribution in [1.29, 1.82) is 0 Å². The number of hydrogen-bond donors (Lipinski definition) is 2. The summed E-state index contributed by atoms with van der Waals surface area (Å²) in [5.41, 5.74) is 4.71. The number of aryl methyl sites for hydroxylation is 1. The number of carbonyl (C=O) groups excluding carboxylic acids is 1. The first-order chi connectivity index (χ1) is 15.1. The van der Waals surface area contributed by atoms with Crippen LogP contribution in [0.25, 0.3) is 22.2 Å². The lowest BCUT2D eigenvalue weighted by molar-refractivity contribution is 0.0962. The largest absolute Gasteiger partial charge is 0.496 e. The summed E-state index contributed by atoms with van der Waals surface area (Å²) >= 11 is 0. The van der Waals surface area contributed by atoms with Gasteiger partial charge in [0.15, 0.2) is 0 Å². The Morgan fingerprint density at radius 1 is 1.10 bits per heavy atom. The van der Waals surface area contributed by atoms with Crippen LogP contribution in [0.2, 0.25) is 0 Å². The van der Waals surface area contributed by atoms with E-state index in [1.807, 2.05) is 19.2 Å². The molecule has 0 saturated carbocycles. The molecule has 0 atom stereocenters. The number of rotatable bonds is 7. The van der Waals surface area contributed by atoms with Crippen molar-refractivity contribution in [3.8, 4) is 17.0 Å². The van der Waals surface area contributed by atoms with Gasteiger partial charge in [0.1, 0.15) is 17.9 Å². The fraction of sp³-hybridized carbons (Fsp3) is 0.208. The molecule has 2 aromatic heterocycles. The lowest BCUT2D eigenvalue weighted by Gasteiger charge is -2.11. The van der Waals surface area contributed by atoms with Gasteiger partial charge in [-0.25, -0.2) is 9.97 Å². The fourth-order valence-electron chi connectivity index (χ4n) is 3.61. The van der Waals surface area contributed by atoms with E-state index in [9.17, 15) is 4.79 Å². The zero-order chi connectivity index (χ0) is 21.8. The lowest BCUT2D eigenvalue weighted by atomic mass is 10.1. The van der Waals surface area contributed by atoms with E-state index < -0.39 is 0 Å². The Balaban J connectivity index is 1.45. The molecule has 158 valence electrons. The number of ether oxygens (including phenoxy) is 1. The maximum atomic E-state index is 11.8. The summed E-state index contributed by atoms with van der Waals surface area (Å²) in [4.78, 5) is 20.6. The summed E-state index contributed by atoms with van der Waals surface area (Å²) in [6, 6.07) is 15.9. The van der Waals surface area contributed by atoms with Crippen LogP contribution in [0.4, 0.5) is 5.82 Å². The van der Waals surface area contributed by atoms with Gasteiger partial charge in [0, 0.05) is 54.9 Å². The second-order valence-electron chi connectivity index (χ2n) is 7.27. The van der Waals surface area contributed by atoms with Crippen molar-refractivity contribution in [2.45, 2.75) is 6.42 Å². The van der Waals surface area contributed by atoms with E-state index in [1.165, 1.54) is 10.9 Å². The minimum absolute atomic E-state index is 0.134. The van der Waals surface area contributed by atoms with E-state index >= 15 is 0 Å². The Labute approximate surface area is 181 Å². The SMILES string of the molecule is CNC(=O)c1ccc(CCNc2cc(-c3ccc4c(ccn4C)c3)ncn2)c(OC)c1. The molecule has 0 bridgehead atoms. The molecular weight excluding hydrogens is 390 g/mol. The van der Waals surface area contributed by atoms with Gasteiger partial charge in [-0.3, -0.25) is 4.79 Å². The first kappa shape index (κ1) is 20.4. The van der Waals surface area contributed by atoms with Gasteiger partial charge in [-0.1, -0.05) is 12.1 Å². The molecule has 0 spiro atoms. The minimum atomic E-state index is -0.134. The molecule has 0 unspecified atom stereocenters. The number of amides is 1. The molecule has 1 amide bonds. The molecule has 0 fully saturated rings. The van der Waals surface area contributed by atoms with Gasteiger partial charge in [-0.2, -0.15) is 0 Å². The second-order valence-corrected chi connectivity index (χ2v) is 7.27. The molecule has 0 radical (unpaired) electrons. The second kappa shape index (κ2) is 8.87. The van der Waals surface area contributed by atoms with E-state index in [2.05, 4.69) is 55.6 Å². The molecule has 2 aromatic carbocycles. The molecule has 0 aliphatic heterocycles. The monoisotopic (exact) mass is 415 g/mol. The summed E-state index contributed by atoms with van der Waals surface area (Å²) in [5, 5.41) is 7.16. The first-order valence-corrected chi connectivity index (χ1v) is 10.1. The van der Waals surface area contributed by atoms with Gasteiger partial charge in [0.05, 0.1) is 12.8 Å².